The third-order valence-corrected chi connectivity index (χ3v) is 3.55. The molecule has 6 nitrogen and oxygen atoms in total. The van der Waals surface area contributed by atoms with Gasteiger partial charge in [-0.3, -0.25) is 9.59 Å². The lowest BCUT2D eigenvalue weighted by Gasteiger charge is -2.14. The lowest BCUT2D eigenvalue weighted by molar-refractivity contribution is -0.153. The van der Waals surface area contributed by atoms with Gasteiger partial charge in [-0.2, -0.15) is 0 Å². The van der Waals surface area contributed by atoms with Gasteiger partial charge in [0.2, 0.25) is 0 Å². The first kappa shape index (κ1) is 17.9. The first-order chi connectivity index (χ1) is 11.5. The van der Waals surface area contributed by atoms with Crippen molar-refractivity contribution in [2.24, 2.45) is 0 Å². The summed E-state index contributed by atoms with van der Waals surface area (Å²) in [5.74, 6) is 0.286. The van der Waals surface area contributed by atoms with Gasteiger partial charge in [-0.25, -0.2) is 0 Å². The summed E-state index contributed by atoms with van der Waals surface area (Å²) >= 11 is 6.00. The van der Waals surface area contributed by atoms with E-state index >= 15 is 0 Å². The van der Waals surface area contributed by atoms with Crippen LogP contribution in [0.1, 0.15) is 19.1 Å². The molecule has 0 saturated heterocycles. The van der Waals surface area contributed by atoms with Gasteiger partial charge in [-0.05, 0) is 37.3 Å². The van der Waals surface area contributed by atoms with Crippen molar-refractivity contribution in [3.05, 3.63) is 47.4 Å². The summed E-state index contributed by atoms with van der Waals surface area (Å²) in [6.45, 7) is 1.51. The van der Waals surface area contributed by atoms with Crippen LogP contribution in [0, 0.1) is 0 Å². The third kappa shape index (κ3) is 5.03. The van der Waals surface area contributed by atoms with E-state index in [0.29, 0.717) is 28.6 Å². The van der Waals surface area contributed by atoms with Gasteiger partial charge < -0.3 is 19.2 Å². The minimum absolute atomic E-state index is 0.138. The Kier molecular flexibility index (Phi) is 6.26. The number of carbonyl (C=O) groups is 2. The van der Waals surface area contributed by atoms with E-state index in [2.05, 4.69) is 5.32 Å². The second-order valence-electron chi connectivity index (χ2n) is 5.05. The van der Waals surface area contributed by atoms with Crippen molar-refractivity contribution < 1.29 is 23.5 Å². The highest BCUT2D eigenvalue weighted by atomic mass is 35.5. The van der Waals surface area contributed by atoms with E-state index < -0.39 is 18.0 Å². The third-order valence-electron chi connectivity index (χ3n) is 3.25. The second-order valence-corrected chi connectivity index (χ2v) is 5.46. The molecule has 7 heteroatoms. The molecular formula is C17H18ClNO5. The zero-order chi connectivity index (χ0) is 17.5. The Balaban J connectivity index is 1.83. The van der Waals surface area contributed by atoms with E-state index in [0.717, 1.165) is 0 Å². The summed E-state index contributed by atoms with van der Waals surface area (Å²) in [6.07, 6.45) is 1.18. The smallest absolute Gasteiger partial charge is 0.307 e. The van der Waals surface area contributed by atoms with E-state index in [1.807, 2.05) is 0 Å². The Hall–Kier alpha value is -2.47. The molecule has 1 aromatic carbocycles. The second kappa shape index (κ2) is 8.40. The van der Waals surface area contributed by atoms with Crippen LogP contribution >= 0.6 is 11.6 Å². The highest BCUT2D eigenvalue weighted by Crippen LogP contribution is 2.27. The van der Waals surface area contributed by atoms with Gasteiger partial charge in [0, 0.05) is 12.1 Å². The summed E-state index contributed by atoms with van der Waals surface area (Å²) in [4.78, 5) is 23.8. The van der Waals surface area contributed by atoms with Crippen LogP contribution in [0.3, 0.4) is 0 Å². The molecule has 1 amide bonds. The van der Waals surface area contributed by atoms with Crippen molar-refractivity contribution in [1.82, 2.24) is 0 Å². The summed E-state index contributed by atoms with van der Waals surface area (Å²) in [5.41, 5.74) is 0.490. The number of ether oxygens (including phenoxy) is 2. The van der Waals surface area contributed by atoms with Crippen molar-refractivity contribution >= 4 is 29.2 Å². The molecule has 1 aromatic heterocycles. The highest BCUT2D eigenvalue weighted by Gasteiger charge is 2.18. The molecule has 1 heterocycles. The zero-order valence-corrected chi connectivity index (χ0v) is 14.1. The maximum Gasteiger partial charge on any atom is 0.307 e. The Bertz CT molecular complexity index is 699. The van der Waals surface area contributed by atoms with E-state index in [4.69, 9.17) is 25.5 Å². The molecule has 24 heavy (non-hydrogen) atoms. The van der Waals surface area contributed by atoms with Gasteiger partial charge in [0.25, 0.3) is 5.91 Å². The number of halogens is 1. The number of hydrogen-bond donors (Lipinski definition) is 1. The summed E-state index contributed by atoms with van der Waals surface area (Å²) in [7, 11) is 1.50. The number of rotatable bonds is 7. The molecule has 0 unspecified atom stereocenters. The fourth-order valence-corrected chi connectivity index (χ4v) is 2.24. The first-order valence-electron chi connectivity index (χ1n) is 7.36. The molecule has 0 radical (unpaired) electrons. The average molecular weight is 352 g/mol. The molecular weight excluding hydrogens is 334 g/mol. The van der Waals surface area contributed by atoms with E-state index in [9.17, 15) is 9.59 Å². The van der Waals surface area contributed by atoms with Crippen LogP contribution in [-0.2, 0) is 20.7 Å². The first-order valence-corrected chi connectivity index (χ1v) is 7.73. The quantitative estimate of drug-likeness (QED) is 0.773. The number of nitrogens with one attached hydrogen (secondary N) is 1. The fraction of sp³-hybridized carbons (Fsp3) is 0.294. The van der Waals surface area contributed by atoms with Crippen LogP contribution in [-0.4, -0.2) is 25.1 Å². The van der Waals surface area contributed by atoms with Crippen LogP contribution in [0.2, 0.25) is 5.02 Å². The maximum absolute atomic E-state index is 12.1. The lowest BCUT2D eigenvalue weighted by atomic mass is 10.2. The number of amides is 1. The topological polar surface area (TPSA) is 77.8 Å². The van der Waals surface area contributed by atoms with Crippen LogP contribution < -0.4 is 10.1 Å². The molecule has 1 N–H and O–H groups in total. The van der Waals surface area contributed by atoms with Crippen LogP contribution in [0.15, 0.2) is 41.0 Å². The number of carbonyl (C=O) groups excluding carboxylic acids is 2. The van der Waals surface area contributed by atoms with E-state index in [1.54, 1.807) is 30.3 Å². The lowest BCUT2D eigenvalue weighted by Crippen LogP contribution is -2.30. The van der Waals surface area contributed by atoms with Gasteiger partial charge in [0.1, 0.15) is 11.5 Å². The summed E-state index contributed by atoms with van der Waals surface area (Å²) in [5, 5.41) is 3.01. The predicted octanol–water partition coefficient (Wildman–Crippen LogP) is 3.44. The minimum atomic E-state index is -0.921. The van der Waals surface area contributed by atoms with Crippen LogP contribution in [0.4, 0.5) is 5.69 Å². The van der Waals surface area contributed by atoms with Crippen LogP contribution in [0.25, 0.3) is 0 Å². The molecule has 2 aromatic rings. The Morgan fingerprint density at radius 2 is 2.12 bits per heavy atom. The van der Waals surface area contributed by atoms with E-state index in [-0.39, 0.29) is 6.42 Å². The van der Waals surface area contributed by atoms with Crippen molar-refractivity contribution in [1.29, 1.82) is 0 Å². The molecule has 128 valence electrons. The molecule has 2 rings (SSSR count). The zero-order valence-electron chi connectivity index (χ0n) is 13.4. The number of furan rings is 1. The molecule has 0 aliphatic carbocycles. The largest absolute Gasteiger partial charge is 0.495 e. The minimum Gasteiger partial charge on any atom is -0.495 e. The summed E-state index contributed by atoms with van der Waals surface area (Å²) < 4.78 is 15.3. The number of benzene rings is 1. The number of methoxy groups -OCH3 is 1. The SMILES string of the molecule is COc1ccc(NC(=O)[C@H](C)OC(=O)CCc2ccco2)cc1Cl. The van der Waals surface area contributed by atoms with Crippen molar-refractivity contribution in [2.75, 3.05) is 12.4 Å². The average Bonchev–Trinajstić information content (AvgIpc) is 3.06. The normalized spacial score (nSPS) is 11.6. The molecule has 0 aliphatic rings. The summed E-state index contributed by atoms with van der Waals surface area (Å²) in [6, 6.07) is 8.36. The van der Waals surface area contributed by atoms with Gasteiger partial charge in [0.15, 0.2) is 6.10 Å². The number of aryl methyl sites for hydroxylation is 1. The van der Waals surface area contributed by atoms with Gasteiger partial charge in [-0.1, -0.05) is 11.6 Å². The molecule has 0 saturated carbocycles. The highest BCUT2D eigenvalue weighted by molar-refractivity contribution is 6.32. The number of anilines is 1. The maximum atomic E-state index is 12.1. The Morgan fingerprint density at radius 1 is 1.33 bits per heavy atom. The van der Waals surface area contributed by atoms with Gasteiger partial charge in [-0.15, -0.1) is 0 Å². The van der Waals surface area contributed by atoms with Crippen molar-refractivity contribution in [3.8, 4) is 5.75 Å². The molecule has 0 aliphatic heterocycles. The molecule has 0 spiro atoms. The van der Waals surface area contributed by atoms with Crippen LogP contribution in [0.5, 0.6) is 5.75 Å². The number of hydrogen-bond acceptors (Lipinski definition) is 5. The van der Waals surface area contributed by atoms with E-state index in [1.165, 1.54) is 20.3 Å². The Morgan fingerprint density at radius 3 is 2.75 bits per heavy atom. The predicted molar refractivity (Wildman–Crippen MR) is 89.2 cm³/mol. The fourth-order valence-electron chi connectivity index (χ4n) is 1.98. The standard InChI is InChI=1S/C17H18ClNO5/c1-11(24-16(20)8-6-13-4-3-9-23-13)17(21)19-12-5-7-15(22-2)14(18)10-12/h3-5,7,9-11H,6,8H2,1-2H3,(H,19,21)/t11-/m0/s1. The molecule has 0 bridgehead atoms. The van der Waals surface area contributed by atoms with Gasteiger partial charge >= 0.3 is 5.97 Å². The Labute approximate surface area is 144 Å². The number of esters is 1. The van der Waals surface area contributed by atoms with Crippen molar-refractivity contribution in [2.45, 2.75) is 25.9 Å². The van der Waals surface area contributed by atoms with Crippen molar-refractivity contribution in [3.63, 3.8) is 0 Å². The molecule has 0 fully saturated rings. The monoisotopic (exact) mass is 351 g/mol. The molecule has 1 atom stereocenters. The van der Waals surface area contributed by atoms with Gasteiger partial charge in [0.05, 0.1) is 24.8 Å².